The first-order chi connectivity index (χ1) is 10.9. The summed E-state index contributed by atoms with van der Waals surface area (Å²) >= 11 is 0. The highest BCUT2D eigenvalue weighted by Crippen LogP contribution is 2.25. The minimum atomic E-state index is 0.664. The highest BCUT2D eigenvalue weighted by Gasteiger charge is 2.19. The van der Waals surface area contributed by atoms with Crippen LogP contribution in [0.1, 0.15) is 25.6 Å². The number of aromatic nitrogens is 6. The van der Waals surface area contributed by atoms with Crippen LogP contribution in [0.25, 0.3) is 28.4 Å². The number of hydrogen-bond donors (Lipinski definition) is 1. The van der Waals surface area contributed by atoms with E-state index < -0.39 is 0 Å². The number of H-pyrrole nitrogens is 1. The molecule has 0 atom stereocenters. The Hall–Kier alpha value is -2.76. The summed E-state index contributed by atoms with van der Waals surface area (Å²) in [6, 6.07) is 10.1. The van der Waals surface area contributed by atoms with E-state index >= 15 is 0 Å². The molecule has 0 bridgehead atoms. The normalized spacial score (nSPS) is 11.5. The van der Waals surface area contributed by atoms with Crippen LogP contribution >= 0.6 is 0 Å². The van der Waals surface area contributed by atoms with E-state index in [-0.39, 0.29) is 0 Å². The van der Waals surface area contributed by atoms with Gasteiger partial charge in [-0.2, -0.15) is 5.10 Å². The van der Waals surface area contributed by atoms with Gasteiger partial charge in [0.25, 0.3) is 0 Å². The molecular weight excluding hydrogens is 276 g/mol. The van der Waals surface area contributed by atoms with Crippen LogP contribution in [0.15, 0.2) is 36.5 Å². The van der Waals surface area contributed by atoms with Crippen molar-refractivity contribution in [2.24, 2.45) is 0 Å². The van der Waals surface area contributed by atoms with E-state index in [2.05, 4.69) is 27.2 Å². The van der Waals surface area contributed by atoms with Crippen molar-refractivity contribution in [1.29, 1.82) is 0 Å². The zero-order valence-electron chi connectivity index (χ0n) is 12.3. The number of nitrogens with one attached hydrogen (secondary N) is 1. The number of rotatable bonds is 4. The van der Waals surface area contributed by atoms with E-state index in [0.29, 0.717) is 5.82 Å². The Morgan fingerprint density at radius 2 is 2.00 bits per heavy atom. The molecule has 0 fully saturated rings. The smallest absolute Gasteiger partial charge is 0.188 e. The van der Waals surface area contributed by atoms with Crippen LogP contribution in [0.5, 0.6) is 0 Å². The second-order valence-corrected chi connectivity index (χ2v) is 5.31. The van der Waals surface area contributed by atoms with Crippen molar-refractivity contribution >= 4 is 5.65 Å². The fourth-order valence-corrected chi connectivity index (χ4v) is 2.60. The van der Waals surface area contributed by atoms with Crippen molar-refractivity contribution in [3.8, 4) is 22.8 Å². The Labute approximate surface area is 127 Å². The Morgan fingerprint density at radius 1 is 1.14 bits per heavy atom. The van der Waals surface area contributed by atoms with Crippen LogP contribution in [0.3, 0.4) is 0 Å². The minimum absolute atomic E-state index is 0.664. The summed E-state index contributed by atoms with van der Waals surface area (Å²) < 4.78 is 1.96. The maximum Gasteiger partial charge on any atom is 0.188 e. The van der Waals surface area contributed by atoms with E-state index in [1.54, 1.807) is 6.20 Å². The summed E-state index contributed by atoms with van der Waals surface area (Å²) in [7, 11) is 0. The predicted octanol–water partition coefficient (Wildman–Crippen LogP) is 2.96. The number of hydrogen-bond acceptors (Lipinski definition) is 4. The number of nitrogens with zero attached hydrogens (tertiary/aromatic N) is 5. The molecule has 1 N–H and O–H groups in total. The average Bonchev–Trinajstić information content (AvgIpc) is 3.19. The molecular formula is C16H16N6. The largest absolute Gasteiger partial charge is 0.274 e. The molecule has 1 aromatic carbocycles. The van der Waals surface area contributed by atoms with Crippen LogP contribution < -0.4 is 0 Å². The monoisotopic (exact) mass is 292 g/mol. The van der Waals surface area contributed by atoms with Gasteiger partial charge in [-0.25, -0.2) is 14.5 Å². The van der Waals surface area contributed by atoms with Crippen molar-refractivity contribution in [3.05, 3.63) is 42.4 Å². The topological polar surface area (TPSA) is 71.8 Å². The molecule has 0 spiro atoms. The third kappa shape index (κ3) is 2.04. The van der Waals surface area contributed by atoms with Crippen molar-refractivity contribution in [3.63, 3.8) is 0 Å². The SMILES string of the molecule is CCCCc1nc2nncc-2c2nc(-c3ccccc3)[nH]n12. The second kappa shape index (κ2) is 5.22. The molecule has 0 aliphatic carbocycles. The molecule has 2 aromatic rings. The van der Waals surface area contributed by atoms with Crippen LogP contribution in [-0.2, 0) is 6.42 Å². The van der Waals surface area contributed by atoms with Crippen LogP contribution in [0.4, 0.5) is 0 Å². The van der Waals surface area contributed by atoms with Gasteiger partial charge in [0.1, 0.15) is 5.82 Å². The number of aryl methyl sites for hydroxylation is 1. The highest BCUT2D eigenvalue weighted by molar-refractivity contribution is 5.74. The molecule has 2 aliphatic heterocycles. The van der Waals surface area contributed by atoms with Gasteiger partial charge in [0.05, 0.1) is 11.8 Å². The van der Waals surface area contributed by atoms with Crippen LogP contribution in [0.2, 0.25) is 0 Å². The van der Waals surface area contributed by atoms with Crippen molar-refractivity contribution < 1.29 is 0 Å². The maximum atomic E-state index is 4.74. The summed E-state index contributed by atoms with van der Waals surface area (Å²) in [5.74, 6) is 2.44. The number of aromatic amines is 1. The molecule has 1 aromatic heterocycles. The molecule has 4 rings (SSSR count). The third-order valence-electron chi connectivity index (χ3n) is 3.76. The summed E-state index contributed by atoms with van der Waals surface area (Å²) in [6.45, 7) is 2.17. The molecule has 110 valence electrons. The van der Waals surface area contributed by atoms with Crippen LogP contribution in [0, 0.1) is 0 Å². The zero-order valence-corrected chi connectivity index (χ0v) is 12.3. The van der Waals surface area contributed by atoms with Gasteiger partial charge < -0.3 is 0 Å². The average molecular weight is 292 g/mol. The Morgan fingerprint density at radius 3 is 2.82 bits per heavy atom. The van der Waals surface area contributed by atoms with Gasteiger partial charge in [0.15, 0.2) is 17.3 Å². The second-order valence-electron chi connectivity index (χ2n) is 5.31. The minimum Gasteiger partial charge on any atom is -0.274 e. The molecule has 6 nitrogen and oxygen atoms in total. The lowest BCUT2D eigenvalue weighted by atomic mass is 10.2. The van der Waals surface area contributed by atoms with Gasteiger partial charge in [-0.1, -0.05) is 43.7 Å². The molecule has 0 unspecified atom stereocenters. The van der Waals surface area contributed by atoms with Crippen LogP contribution in [-0.4, -0.2) is 29.8 Å². The Bertz CT molecular complexity index is 876. The Kier molecular flexibility index (Phi) is 3.07. The lowest BCUT2D eigenvalue weighted by Gasteiger charge is -2.05. The van der Waals surface area contributed by atoms with Crippen molar-refractivity contribution in [2.45, 2.75) is 26.2 Å². The highest BCUT2D eigenvalue weighted by atomic mass is 15.3. The van der Waals surface area contributed by atoms with Gasteiger partial charge in [0.2, 0.25) is 0 Å². The molecule has 0 saturated heterocycles. The molecule has 0 radical (unpaired) electrons. The number of benzene rings is 1. The summed E-state index contributed by atoms with van der Waals surface area (Å²) in [5, 5.41) is 11.4. The van der Waals surface area contributed by atoms with Crippen molar-refractivity contribution in [2.75, 3.05) is 0 Å². The Balaban J connectivity index is 1.93. The van der Waals surface area contributed by atoms with E-state index in [0.717, 1.165) is 47.7 Å². The first-order valence-corrected chi connectivity index (χ1v) is 7.51. The quantitative estimate of drug-likeness (QED) is 0.627. The van der Waals surface area contributed by atoms with E-state index in [1.165, 1.54) is 0 Å². The van der Waals surface area contributed by atoms with Gasteiger partial charge in [-0.05, 0) is 6.42 Å². The molecule has 0 amide bonds. The molecule has 3 heterocycles. The fraction of sp³-hybridized carbons (Fsp3) is 0.250. The predicted molar refractivity (Wildman–Crippen MR) is 83.6 cm³/mol. The molecule has 0 saturated carbocycles. The fourth-order valence-electron chi connectivity index (χ4n) is 2.60. The third-order valence-corrected chi connectivity index (χ3v) is 3.76. The molecule has 22 heavy (non-hydrogen) atoms. The standard InChI is InChI=1S/C16H16N6/c1-2-3-9-13-18-15-12(10-17-20-15)16-19-14(21-22(13)16)11-7-5-4-6-8-11/h4-8,10H,2-3,9H2,1H3,(H,19,21). The van der Waals surface area contributed by atoms with Crippen molar-refractivity contribution in [1.82, 2.24) is 29.8 Å². The summed E-state index contributed by atoms with van der Waals surface area (Å²) in [4.78, 5) is 9.37. The zero-order chi connectivity index (χ0) is 14.9. The summed E-state index contributed by atoms with van der Waals surface area (Å²) in [6.07, 6.45) is 4.80. The van der Waals surface area contributed by atoms with E-state index in [1.807, 2.05) is 34.8 Å². The molecule has 2 aliphatic rings. The maximum absolute atomic E-state index is 4.74. The number of unbranched alkanes of at least 4 members (excludes halogenated alkanes) is 1. The first-order valence-electron chi connectivity index (χ1n) is 7.51. The van der Waals surface area contributed by atoms with Gasteiger partial charge in [0, 0.05) is 12.0 Å². The lowest BCUT2D eigenvalue weighted by Crippen LogP contribution is -2.05. The molecule has 6 heteroatoms. The van der Waals surface area contributed by atoms with Gasteiger partial charge in [-0.3, -0.25) is 5.10 Å². The number of fused-ring (bicyclic) bond motifs is 3. The van der Waals surface area contributed by atoms with E-state index in [9.17, 15) is 0 Å². The van der Waals surface area contributed by atoms with Gasteiger partial charge in [-0.15, -0.1) is 5.10 Å². The summed E-state index contributed by atoms with van der Waals surface area (Å²) in [5.41, 5.74) is 2.76. The van der Waals surface area contributed by atoms with E-state index in [4.69, 9.17) is 4.98 Å². The lowest BCUT2D eigenvalue weighted by molar-refractivity contribution is 0.713. The first kappa shape index (κ1) is 12.9. The van der Waals surface area contributed by atoms with Gasteiger partial charge >= 0.3 is 0 Å².